The summed E-state index contributed by atoms with van der Waals surface area (Å²) in [6.45, 7) is 4.41. The molecule has 0 saturated heterocycles. The number of hydrogen-bond acceptors (Lipinski definition) is 6. The third-order valence-corrected chi connectivity index (χ3v) is 5.35. The molecule has 8 heteroatoms. The van der Waals surface area contributed by atoms with Crippen molar-refractivity contribution >= 4 is 16.8 Å². The van der Waals surface area contributed by atoms with Crippen molar-refractivity contribution in [3.63, 3.8) is 0 Å². The van der Waals surface area contributed by atoms with Crippen LogP contribution in [-0.2, 0) is 6.54 Å². The van der Waals surface area contributed by atoms with Gasteiger partial charge in [0, 0.05) is 11.9 Å². The van der Waals surface area contributed by atoms with E-state index < -0.39 is 17.6 Å². The van der Waals surface area contributed by atoms with Crippen molar-refractivity contribution in [2.75, 3.05) is 13.4 Å². The van der Waals surface area contributed by atoms with Crippen LogP contribution in [0, 0.1) is 6.92 Å². The van der Waals surface area contributed by atoms with Crippen molar-refractivity contribution in [2.24, 2.45) is 0 Å². The molecule has 1 aliphatic heterocycles. The second-order valence-corrected chi connectivity index (χ2v) is 7.81. The van der Waals surface area contributed by atoms with E-state index in [1.54, 1.807) is 18.2 Å². The number of benzene rings is 2. The molecule has 1 unspecified atom stereocenters. The number of aliphatic hydroxyl groups excluding tert-OH is 1. The summed E-state index contributed by atoms with van der Waals surface area (Å²) >= 11 is 0. The number of nitrogens with one attached hydrogen (secondary N) is 2. The van der Waals surface area contributed by atoms with Crippen LogP contribution in [0.1, 0.15) is 41.3 Å². The van der Waals surface area contributed by atoms with Crippen LogP contribution in [-0.4, -0.2) is 35.5 Å². The Balaban J connectivity index is 1.53. The van der Waals surface area contributed by atoms with E-state index in [9.17, 15) is 14.7 Å². The zero-order chi connectivity index (χ0) is 22.7. The average Bonchev–Trinajstić information content (AvgIpc) is 3.24. The lowest BCUT2D eigenvalue weighted by atomic mass is 10.1. The summed E-state index contributed by atoms with van der Waals surface area (Å²) in [6, 6.07) is 10.7. The van der Waals surface area contributed by atoms with E-state index in [2.05, 4.69) is 10.3 Å². The zero-order valence-electron chi connectivity index (χ0n) is 18.1. The van der Waals surface area contributed by atoms with Crippen molar-refractivity contribution in [1.82, 2.24) is 10.3 Å². The number of aliphatic hydroxyl groups is 1. The number of aryl methyl sites for hydroxylation is 1. The SMILES string of the molecule is CCCC(O)COc1c(C)ccc2cc(C(=O)NCc3ccc4c(c3)OCO4)c(=O)[nH]c12. The van der Waals surface area contributed by atoms with Gasteiger partial charge in [0.25, 0.3) is 11.5 Å². The highest BCUT2D eigenvalue weighted by molar-refractivity contribution is 5.98. The highest BCUT2D eigenvalue weighted by Crippen LogP contribution is 2.32. The lowest BCUT2D eigenvalue weighted by molar-refractivity contribution is 0.0949. The third kappa shape index (κ3) is 4.55. The number of pyridine rings is 1. The minimum Gasteiger partial charge on any atom is -0.488 e. The van der Waals surface area contributed by atoms with Crippen LogP contribution in [0.4, 0.5) is 0 Å². The van der Waals surface area contributed by atoms with Crippen LogP contribution < -0.4 is 25.1 Å². The highest BCUT2D eigenvalue weighted by atomic mass is 16.7. The minimum absolute atomic E-state index is 0.0130. The first-order chi connectivity index (χ1) is 15.5. The van der Waals surface area contributed by atoms with Crippen molar-refractivity contribution in [2.45, 2.75) is 39.3 Å². The van der Waals surface area contributed by atoms with Gasteiger partial charge in [0.05, 0.1) is 11.6 Å². The first kappa shape index (κ1) is 21.7. The Hall–Kier alpha value is -3.52. The number of carbonyl (C=O) groups excluding carboxylic acids is 1. The predicted molar refractivity (Wildman–Crippen MR) is 119 cm³/mol. The summed E-state index contributed by atoms with van der Waals surface area (Å²) in [5, 5.41) is 13.4. The summed E-state index contributed by atoms with van der Waals surface area (Å²) in [4.78, 5) is 28.2. The molecule has 1 aliphatic rings. The average molecular weight is 438 g/mol. The van der Waals surface area contributed by atoms with Crippen LogP contribution in [0.15, 0.2) is 41.2 Å². The monoisotopic (exact) mass is 438 g/mol. The number of aromatic amines is 1. The molecular weight excluding hydrogens is 412 g/mol. The third-order valence-electron chi connectivity index (χ3n) is 5.35. The molecule has 0 fully saturated rings. The van der Waals surface area contributed by atoms with Crippen LogP contribution in [0.5, 0.6) is 17.2 Å². The highest BCUT2D eigenvalue weighted by Gasteiger charge is 2.17. The van der Waals surface area contributed by atoms with E-state index >= 15 is 0 Å². The van der Waals surface area contributed by atoms with Gasteiger partial charge >= 0.3 is 0 Å². The molecule has 4 rings (SSSR count). The maximum atomic E-state index is 12.7. The zero-order valence-corrected chi connectivity index (χ0v) is 18.1. The van der Waals surface area contributed by atoms with E-state index in [0.29, 0.717) is 34.6 Å². The standard InChI is InChI=1S/C24H26N2O6/c1-3-4-17(27)12-30-22-14(2)5-7-16-10-18(24(29)26-21(16)22)23(28)25-11-15-6-8-19-20(9-15)32-13-31-19/h5-10,17,27H,3-4,11-13H2,1-2H3,(H,25,28)(H,26,29). The number of fused-ring (bicyclic) bond motifs is 2. The first-order valence-corrected chi connectivity index (χ1v) is 10.6. The van der Waals surface area contributed by atoms with Gasteiger partial charge in [0.1, 0.15) is 17.9 Å². The number of H-pyrrole nitrogens is 1. The van der Waals surface area contributed by atoms with Gasteiger partial charge in [-0.2, -0.15) is 0 Å². The molecule has 3 aromatic rings. The lowest BCUT2D eigenvalue weighted by Crippen LogP contribution is -2.29. The number of rotatable bonds is 8. The van der Waals surface area contributed by atoms with Crippen LogP contribution in [0.2, 0.25) is 0 Å². The molecular formula is C24H26N2O6. The van der Waals surface area contributed by atoms with Gasteiger partial charge < -0.3 is 29.6 Å². The van der Waals surface area contributed by atoms with Crippen molar-refractivity contribution < 1.29 is 24.1 Å². The Bertz CT molecular complexity index is 1200. The molecule has 1 atom stereocenters. The minimum atomic E-state index is -0.581. The van der Waals surface area contributed by atoms with Gasteiger partial charge in [-0.15, -0.1) is 0 Å². The Labute approximate surface area is 185 Å². The normalized spacial score (nSPS) is 13.2. The van der Waals surface area contributed by atoms with Crippen molar-refractivity contribution in [3.8, 4) is 17.2 Å². The van der Waals surface area contributed by atoms with Crippen LogP contribution >= 0.6 is 0 Å². The maximum Gasteiger partial charge on any atom is 0.261 e. The lowest BCUT2D eigenvalue weighted by Gasteiger charge is -2.15. The molecule has 2 heterocycles. The Morgan fingerprint density at radius 2 is 2.03 bits per heavy atom. The Morgan fingerprint density at radius 1 is 1.22 bits per heavy atom. The molecule has 0 aliphatic carbocycles. The molecule has 0 bridgehead atoms. The predicted octanol–water partition coefficient (Wildman–Crippen LogP) is 3.04. The van der Waals surface area contributed by atoms with Gasteiger partial charge in [-0.25, -0.2) is 0 Å². The summed E-state index contributed by atoms with van der Waals surface area (Å²) in [7, 11) is 0. The van der Waals surface area contributed by atoms with Gasteiger partial charge in [0.15, 0.2) is 11.5 Å². The summed E-state index contributed by atoms with van der Waals surface area (Å²) in [5.74, 6) is 1.32. The van der Waals surface area contributed by atoms with E-state index in [1.807, 2.05) is 32.0 Å². The van der Waals surface area contributed by atoms with Gasteiger partial charge in [-0.1, -0.05) is 31.5 Å². The maximum absolute atomic E-state index is 12.7. The van der Waals surface area contributed by atoms with Crippen molar-refractivity contribution in [3.05, 3.63) is 63.4 Å². The van der Waals surface area contributed by atoms with Crippen LogP contribution in [0.25, 0.3) is 10.9 Å². The van der Waals surface area contributed by atoms with E-state index in [0.717, 1.165) is 17.5 Å². The van der Waals surface area contributed by atoms with E-state index in [4.69, 9.17) is 14.2 Å². The summed E-state index contributed by atoms with van der Waals surface area (Å²) in [6.07, 6.45) is 0.900. The fourth-order valence-electron chi connectivity index (χ4n) is 3.63. The van der Waals surface area contributed by atoms with Gasteiger partial charge in [-0.3, -0.25) is 9.59 Å². The summed E-state index contributed by atoms with van der Waals surface area (Å²) < 4.78 is 16.5. The molecule has 1 aromatic heterocycles. The molecule has 0 saturated carbocycles. The smallest absolute Gasteiger partial charge is 0.261 e. The topological polar surface area (TPSA) is 110 Å². The van der Waals surface area contributed by atoms with Gasteiger partial charge in [-0.05, 0) is 42.7 Å². The summed E-state index contributed by atoms with van der Waals surface area (Å²) in [5.41, 5.74) is 1.67. The second kappa shape index (κ2) is 9.32. The molecule has 8 nitrogen and oxygen atoms in total. The number of carbonyl (C=O) groups is 1. The van der Waals surface area contributed by atoms with Gasteiger partial charge in [0.2, 0.25) is 6.79 Å². The van der Waals surface area contributed by atoms with Crippen molar-refractivity contribution in [1.29, 1.82) is 0 Å². The van der Waals surface area contributed by atoms with Crippen LogP contribution in [0.3, 0.4) is 0 Å². The number of amides is 1. The molecule has 2 aromatic carbocycles. The van der Waals surface area contributed by atoms with E-state index in [-0.39, 0.29) is 25.5 Å². The number of aromatic nitrogens is 1. The Kier molecular flexibility index (Phi) is 6.32. The Morgan fingerprint density at radius 3 is 2.84 bits per heavy atom. The molecule has 1 amide bonds. The molecule has 0 spiro atoms. The fourth-order valence-corrected chi connectivity index (χ4v) is 3.63. The molecule has 168 valence electrons. The largest absolute Gasteiger partial charge is 0.488 e. The number of hydrogen-bond donors (Lipinski definition) is 3. The van der Waals surface area contributed by atoms with E-state index in [1.165, 1.54) is 0 Å². The molecule has 0 radical (unpaired) electrons. The quantitative estimate of drug-likeness (QED) is 0.499. The number of ether oxygens (including phenoxy) is 3. The fraction of sp³-hybridized carbons (Fsp3) is 0.333. The second-order valence-electron chi connectivity index (χ2n) is 7.81. The first-order valence-electron chi connectivity index (χ1n) is 10.6. The molecule has 3 N–H and O–H groups in total. The molecule has 32 heavy (non-hydrogen) atoms.